The van der Waals surface area contributed by atoms with E-state index in [1.54, 1.807) is 5.90 Å². The van der Waals surface area contributed by atoms with E-state index in [2.05, 4.69) is 128 Å². The molecule has 0 saturated carbocycles. The third-order valence-corrected chi connectivity index (χ3v) is 9.67. The fraction of sp³-hybridized carbons (Fsp3) is 0. The minimum atomic E-state index is 0.616. The van der Waals surface area contributed by atoms with Gasteiger partial charge in [0.15, 0.2) is 17.2 Å². The zero-order valence-electron chi connectivity index (χ0n) is 16.5. The third kappa shape index (κ3) is 5.69. The number of rotatable bonds is 6. The van der Waals surface area contributed by atoms with Crippen LogP contribution < -0.4 is 15.4 Å². The lowest BCUT2D eigenvalue weighted by Gasteiger charge is -2.19. The predicted octanol–water partition coefficient (Wildman–Crippen LogP) is 12.3. The SMILES string of the molecule is Brc1c(Oc2ccccc2N(Br)Br)c(Br)c2cc(Oc3ccccc3N(Br)Br)cc(Br)c2c1Br. The van der Waals surface area contributed by atoms with E-state index in [9.17, 15) is 0 Å². The van der Waals surface area contributed by atoms with Gasteiger partial charge < -0.3 is 9.47 Å². The average molecular weight is 974 g/mol. The Kier molecular flexibility index (Phi) is 9.37. The highest BCUT2D eigenvalue weighted by Gasteiger charge is 2.22. The molecule has 0 aliphatic rings. The van der Waals surface area contributed by atoms with Crippen molar-refractivity contribution in [1.29, 1.82) is 0 Å². The first-order valence-corrected chi connectivity index (χ1v) is 15.3. The Morgan fingerprint density at radius 2 is 1.12 bits per heavy atom. The van der Waals surface area contributed by atoms with Crippen LogP contribution in [0.5, 0.6) is 23.0 Å². The van der Waals surface area contributed by atoms with Crippen LogP contribution in [-0.2, 0) is 0 Å². The number of para-hydroxylation sites is 4. The molecular formula is C22H10Br8N2O2. The molecule has 0 bridgehead atoms. The van der Waals surface area contributed by atoms with Gasteiger partial charge in [-0.3, -0.25) is 0 Å². The molecule has 0 amide bonds. The second-order valence-electron chi connectivity index (χ2n) is 6.70. The van der Waals surface area contributed by atoms with E-state index in [1.165, 1.54) is 0 Å². The quantitative estimate of drug-likeness (QED) is 0.142. The molecule has 12 heteroatoms. The number of benzene rings is 4. The second kappa shape index (κ2) is 11.7. The number of ether oxygens (including phenoxy) is 2. The maximum Gasteiger partial charge on any atom is 0.157 e. The Balaban J connectivity index is 1.85. The fourth-order valence-corrected chi connectivity index (χ4v) is 7.18. The maximum atomic E-state index is 6.37. The molecule has 4 rings (SSSR count). The summed E-state index contributed by atoms with van der Waals surface area (Å²) in [4.78, 5) is 0. The van der Waals surface area contributed by atoms with Gasteiger partial charge in [0.25, 0.3) is 0 Å². The summed E-state index contributed by atoms with van der Waals surface area (Å²) in [6, 6.07) is 19.2. The number of halogens is 8. The standard InChI is InChI=1S/C22H10Br8N2O2/c23-13-10-11(33-16-7-3-1-5-14(16)31(27)28)9-12-18(13)20(25)21(26)22(19(12)24)34-17-8-4-2-6-15(17)32(29)30/h1-10H. The highest BCUT2D eigenvalue weighted by atomic mass is 79.9. The van der Waals surface area contributed by atoms with Gasteiger partial charge in [-0.15, -0.1) is 0 Å². The van der Waals surface area contributed by atoms with Gasteiger partial charge in [-0.25, -0.2) is 5.90 Å². The van der Waals surface area contributed by atoms with Crippen LogP contribution >= 0.6 is 128 Å². The number of fused-ring (bicyclic) bond motifs is 1. The molecule has 0 N–H and O–H groups in total. The van der Waals surface area contributed by atoms with E-state index in [4.69, 9.17) is 9.47 Å². The van der Waals surface area contributed by atoms with Crippen LogP contribution in [0.1, 0.15) is 0 Å². The third-order valence-electron chi connectivity index (χ3n) is 4.65. The number of anilines is 2. The van der Waals surface area contributed by atoms with Crippen LogP contribution in [0.3, 0.4) is 0 Å². The smallest absolute Gasteiger partial charge is 0.157 e. The van der Waals surface area contributed by atoms with Crippen LogP contribution in [0.4, 0.5) is 11.4 Å². The van der Waals surface area contributed by atoms with Crippen molar-refractivity contribution in [2.24, 2.45) is 0 Å². The van der Waals surface area contributed by atoms with Gasteiger partial charge in [0, 0.05) is 19.7 Å². The monoisotopic (exact) mass is 965 g/mol. The van der Waals surface area contributed by atoms with Gasteiger partial charge in [0.2, 0.25) is 0 Å². The summed E-state index contributed by atoms with van der Waals surface area (Å²) in [7, 11) is 0. The van der Waals surface area contributed by atoms with Crippen molar-refractivity contribution in [2.45, 2.75) is 0 Å². The minimum Gasteiger partial charge on any atom is -0.455 e. The van der Waals surface area contributed by atoms with Crippen molar-refractivity contribution in [3.8, 4) is 23.0 Å². The van der Waals surface area contributed by atoms with Crippen LogP contribution in [0, 0.1) is 0 Å². The number of nitrogens with zero attached hydrogens (tertiary/aromatic N) is 2. The molecule has 176 valence electrons. The van der Waals surface area contributed by atoms with Gasteiger partial charge in [0.1, 0.15) is 17.1 Å². The number of hydrogen-bond donors (Lipinski definition) is 0. The van der Waals surface area contributed by atoms with Gasteiger partial charge in [-0.2, -0.15) is 0 Å². The van der Waals surface area contributed by atoms with Crippen molar-refractivity contribution in [3.63, 3.8) is 0 Å². The van der Waals surface area contributed by atoms with Gasteiger partial charge in [0.05, 0.1) is 73.5 Å². The summed E-state index contributed by atoms with van der Waals surface area (Å²) in [6.07, 6.45) is 0. The van der Waals surface area contributed by atoms with E-state index in [1.807, 2.05) is 60.7 Å². The average Bonchev–Trinajstić information content (AvgIpc) is 2.80. The molecule has 4 aromatic rings. The van der Waals surface area contributed by atoms with Crippen molar-refractivity contribution in [3.05, 3.63) is 78.6 Å². The molecule has 0 spiro atoms. The van der Waals surface area contributed by atoms with E-state index in [0.717, 1.165) is 40.0 Å². The Morgan fingerprint density at radius 1 is 0.588 bits per heavy atom. The van der Waals surface area contributed by atoms with Crippen molar-refractivity contribution < 1.29 is 9.47 Å². The Bertz CT molecular complexity index is 1380. The lowest BCUT2D eigenvalue weighted by atomic mass is 10.1. The molecule has 0 aromatic heterocycles. The molecule has 0 atom stereocenters. The first kappa shape index (κ1) is 27.2. The predicted molar refractivity (Wildman–Crippen MR) is 168 cm³/mol. The molecule has 0 aliphatic heterocycles. The molecule has 0 aliphatic carbocycles. The summed E-state index contributed by atoms with van der Waals surface area (Å²) in [5.41, 5.74) is 1.63. The largest absolute Gasteiger partial charge is 0.455 e. The van der Waals surface area contributed by atoms with E-state index < -0.39 is 0 Å². The molecule has 0 fully saturated rings. The van der Waals surface area contributed by atoms with Crippen molar-refractivity contribution >= 4 is 150 Å². The molecule has 34 heavy (non-hydrogen) atoms. The maximum absolute atomic E-state index is 6.37. The fourth-order valence-electron chi connectivity index (χ4n) is 3.16. The Morgan fingerprint density at radius 3 is 1.68 bits per heavy atom. The van der Waals surface area contributed by atoms with Gasteiger partial charge in [-0.1, -0.05) is 24.3 Å². The van der Waals surface area contributed by atoms with Crippen molar-refractivity contribution in [2.75, 3.05) is 5.90 Å². The first-order valence-electron chi connectivity index (χ1n) is 9.26. The highest BCUT2D eigenvalue weighted by Crippen LogP contribution is 2.51. The molecule has 0 heterocycles. The molecule has 0 saturated heterocycles. The summed E-state index contributed by atoms with van der Waals surface area (Å²) in [6.45, 7) is 0. The Labute approximate surface area is 264 Å². The molecule has 0 unspecified atom stereocenters. The lowest BCUT2D eigenvalue weighted by molar-refractivity contribution is 0.478. The summed E-state index contributed by atoms with van der Waals surface area (Å²) in [5, 5.41) is 1.86. The van der Waals surface area contributed by atoms with Crippen LogP contribution in [0.2, 0.25) is 0 Å². The molecular weight excluding hydrogens is 963 g/mol. The molecule has 4 aromatic carbocycles. The topological polar surface area (TPSA) is 24.9 Å². The van der Waals surface area contributed by atoms with E-state index in [-0.39, 0.29) is 0 Å². The lowest BCUT2D eigenvalue weighted by Crippen LogP contribution is -1.97. The zero-order chi connectivity index (χ0) is 24.6. The van der Waals surface area contributed by atoms with Crippen LogP contribution in [0.25, 0.3) is 10.8 Å². The molecule has 0 radical (unpaired) electrons. The van der Waals surface area contributed by atoms with E-state index in [0.29, 0.717) is 23.0 Å². The molecule has 4 nitrogen and oxygen atoms in total. The van der Waals surface area contributed by atoms with Crippen LogP contribution in [-0.4, -0.2) is 0 Å². The summed E-state index contributed by atoms with van der Waals surface area (Å²) < 4.78 is 19.2. The first-order chi connectivity index (χ1) is 16.2. The second-order valence-corrected chi connectivity index (χ2v) is 14.7. The Hall–Kier alpha value is 0.180. The summed E-state index contributed by atoms with van der Waals surface area (Å²) in [5.74, 6) is 2.60. The van der Waals surface area contributed by atoms with Gasteiger partial charge >= 0.3 is 0 Å². The van der Waals surface area contributed by atoms with Gasteiger partial charge in [-0.05, 0) is 100 Å². The zero-order valence-corrected chi connectivity index (χ0v) is 29.2. The normalized spacial score (nSPS) is 10.9. The summed E-state index contributed by atoms with van der Waals surface area (Å²) >= 11 is 28.5. The number of hydrogen-bond acceptors (Lipinski definition) is 4. The highest BCUT2D eigenvalue weighted by molar-refractivity contribution is 9.25. The minimum absolute atomic E-state index is 0.616. The van der Waals surface area contributed by atoms with Crippen LogP contribution in [0.15, 0.2) is 78.6 Å². The van der Waals surface area contributed by atoms with E-state index >= 15 is 0 Å². The van der Waals surface area contributed by atoms with Crippen molar-refractivity contribution in [1.82, 2.24) is 0 Å².